The zero-order valence-electron chi connectivity index (χ0n) is 12.0. The Morgan fingerprint density at radius 1 is 1.24 bits per heavy atom. The average Bonchev–Trinajstić information content (AvgIpc) is 2.45. The highest BCUT2D eigenvalue weighted by molar-refractivity contribution is 5.88. The minimum atomic E-state index is -1.02. The first-order valence-electron chi connectivity index (χ1n) is 6.58. The lowest BCUT2D eigenvalue weighted by Gasteiger charge is -2.14. The molecule has 3 amide bonds. The summed E-state index contributed by atoms with van der Waals surface area (Å²) in [6.07, 6.45) is 0. The number of carboxylic acids is 1. The second-order valence-corrected chi connectivity index (χ2v) is 4.45. The summed E-state index contributed by atoms with van der Waals surface area (Å²) in [6.45, 7) is 4.04. The van der Waals surface area contributed by atoms with Gasteiger partial charge in [0.2, 0.25) is 5.91 Å². The Kier molecular flexibility index (Phi) is 6.19. The fourth-order valence-corrected chi connectivity index (χ4v) is 1.64. The molecular formula is C14H19N3O4. The Morgan fingerprint density at radius 3 is 2.57 bits per heavy atom. The van der Waals surface area contributed by atoms with Crippen molar-refractivity contribution >= 4 is 17.9 Å². The largest absolute Gasteiger partial charge is 0.478 e. The number of amides is 3. The van der Waals surface area contributed by atoms with Crippen molar-refractivity contribution in [1.29, 1.82) is 0 Å². The SMILES string of the molecule is CCNC(=O)C(C)NC(=O)NCc1cccc(C(=O)O)c1. The molecular weight excluding hydrogens is 274 g/mol. The Hall–Kier alpha value is -2.57. The van der Waals surface area contributed by atoms with Crippen molar-refractivity contribution in [2.75, 3.05) is 6.54 Å². The average molecular weight is 293 g/mol. The molecule has 7 heteroatoms. The van der Waals surface area contributed by atoms with E-state index in [1.165, 1.54) is 12.1 Å². The summed E-state index contributed by atoms with van der Waals surface area (Å²) in [5.74, 6) is -1.29. The second-order valence-electron chi connectivity index (χ2n) is 4.45. The van der Waals surface area contributed by atoms with E-state index in [1.54, 1.807) is 26.0 Å². The van der Waals surface area contributed by atoms with Crippen LogP contribution in [-0.2, 0) is 11.3 Å². The van der Waals surface area contributed by atoms with Gasteiger partial charge in [0, 0.05) is 13.1 Å². The second kappa shape index (κ2) is 7.88. The van der Waals surface area contributed by atoms with E-state index in [4.69, 9.17) is 5.11 Å². The number of hydrogen-bond donors (Lipinski definition) is 4. The van der Waals surface area contributed by atoms with Gasteiger partial charge in [-0.1, -0.05) is 12.1 Å². The molecule has 7 nitrogen and oxygen atoms in total. The zero-order chi connectivity index (χ0) is 15.8. The lowest BCUT2D eigenvalue weighted by Crippen LogP contribution is -2.48. The van der Waals surface area contributed by atoms with Crippen molar-refractivity contribution in [2.24, 2.45) is 0 Å². The van der Waals surface area contributed by atoms with Crippen molar-refractivity contribution < 1.29 is 19.5 Å². The van der Waals surface area contributed by atoms with E-state index >= 15 is 0 Å². The number of aromatic carboxylic acids is 1. The third-order valence-electron chi connectivity index (χ3n) is 2.72. The van der Waals surface area contributed by atoms with Crippen molar-refractivity contribution in [3.63, 3.8) is 0 Å². The standard InChI is InChI=1S/C14H19N3O4/c1-3-15-12(18)9(2)17-14(21)16-8-10-5-4-6-11(7-10)13(19)20/h4-7,9H,3,8H2,1-2H3,(H,15,18)(H,19,20)(H2,16,17,21). The van der Waals surface area contributed by atoms with Gasteiger partial charge in [-0.15, -0.1) is 0 Å². The smallest absolute Gasteiger partial charge is 0.335 e. The summed E-state index contributed by atoms with van der Waals surface area (Å²) in [7, 11) is 0. The van der Waals surface area contributed by atoms with Gasteiger partial charge in [-0.25, -0.2) is 9.59 Å². The van der Waals surface area contributed by atoms with Crippen LogP contribution >= 0.6 is 0 Å². The normalized spacial score (nSPS) is 11.3. The van der Waals surface area contributed by atoms with E-state index in [0.29, 0.717) is 12.1 Å². The van der Waals surface area contributed by atoms with E-state index < -0.39 is 18.0 Å². The summed E-state index contributed by atoms with van der Waals surface area (Å²) in [6, 6.07) is 5.14. The first kappa shape index (κ1) is 16.5. The molecule has 0 saturated carbocycles. The predicted octanol–water partition coefficient (Wildman–Crippen LogP) is 0.709. The summed E-state index contributed by atoms with van der Waals surface area (Å²) in [4.78, 5) is 33.9. The third kappa shape index (κ3) is 5.52. The fourth-order valence-electron chi connectivity index (χ4n) is 1.64. The van der Waals surface area contributed by atoms with Crippen LogP contribution in [0, 0.1) is 0 Å². The first-order chi connectivity index (χ1) is 9.93. The quantitative estimate of drug-likeness (QED) is 0.619. The maximum absolute atomic E-state index is 11.6. The lowest BCUT2D eigenvalue weighted by atomic mass is 10.1. The molecule has 0 aliphatic carbocycles. The van der Waals surface area contributed by atoms with Crippen molar-refractivity contribution in [3.8, 4) is 0 Å². The van der Waals surface area contributed by atoms with Gasteiger partial charge in [-0.3, -0.25) is 4.79 Å². The van der Waals surface area contributed by atoms with E-state index in [1.807, 2.05) is 0 Å². The first-order valence-corrected chi connectivity index (χ1v) is 6.58. The number of carboxylic acid groups (broad SMARTS) is 1. The molecule has 0 heterocycles. The van der Waals surface area contributed by atoms with Crippen LogP contribution < -0.4 is 16.0 Å². The number of likely N-dealkylation sites (N-methyl/N-ethyl adjacent to an activating group) is 1. The van der Waals surface area contributed by atoms with E-state index in [2.05, 4.69) is 16.0 Å². The van der Waals surface area contributed by atoms with Gasteiger partial charge in [0.05, 0.1) is 5.56 Å². The Bertz CT molecular complexity index is 531. The van der Waals surface area contributed by atoms with Gasteiger partial charge in [0.25, 0.3) is 0 Å². The Morgan fingerprint density at radius 2 is 1.95 bits per heavy atom. The highest BCUT2D eigenvalue weighted by Crippen LogP contribution is 2.04. The minimum Gasteiger partial charge on any atom is -0.478 e. The van der Waals surface area contributed by atoms with Crippen molar-refractivity contribution in [1.82, 2.24) is 16.0 Å². The van der Waals surface area contributed by atoms with E-state index in [9.17, 15) is 14.4 Å². The van der Waals surface area contributed by atoms with Crippen LogP contribution in [0.4, 0.5) is 4.79 Å². The molecule has 0 aliphatic rings. The lowest BCUT2D eigenvalue weighted by molar-refractivity contribution is -0.122. The predicted molar refractivity (Wildman–Crippen MR) is 76.9 cm³/mol. The molecule has 1 aromatic carbocycles. The summed E-state index contributed by atoms with van der Waals surface area (Å²) in [5.41, 5.74) is 0.820. The van der Waals surface area contributed by atoms with Gasteiger partial charge < -0.3 is 21.1 Å². The molecule has 0 radical (unpaired) electrons. The molecule has 1 atom stereocenters. The van der Waals surface area contributed by atoms with Gasteiger partial charge in [0.15, 0.2) is 0 Å². The molecule has 4 N–H and O–H groups in total. The topological polar surface area (TPSA) is 108 Å². The molecule has 1 aromatic rings. The van der Waals surface area contributed by atoms with Crippen LogP contribution in [0.2, 0.25) is 0 Å². The number of carbonyl (C=O) groups excluding carboxylic acids is 2. The van der Waals surface area contributed by atoms with E-state index in [-0.39, 0.29) is 18.0 Å². The van der Waals surface area contributed by atoms with Crippen molar-refractivity contribution in [2.45, 2.75) is 26.4 Å². The number of urea groups is 1. The fraction of sp³-hybridized carbons (Fsp3) is 0.357. The molecule has 0 aromatic heterocycles. The Balaban J connectivity index is 2.48. The molecule has 1 rings (SSSR count). The van der Waals surface area contributed by atoms with Crippen LogP contribution in [0.1, 0.15) is 29.8 Å². The number of hydrogen-bond acceptors (Lipinski definition) is 3. The number of carbonyl (C=O) groups is 3. The zero-order valence-corrected chi connectivity index (χ0v) is 12.0. The van der Waals surface area contributed by atoms with Crippen molar-refractivity contribution in [3.05, 3.63) is 35.4 Å². The van der Waals surface area contributed by atoms with Gasteiger partial charge in [-0.2, -0.15) is 0 Å². The maximum Gasteiger partial charge on any atom is 0.335 e. The van der Waals surface area contributed by atoms with Gasteiger partial charge in [0.1, 0.15) is 6.04 Å². The molecule has 0 spiro atoms. The third-order valence-corrected chi connectivity index (χ3v) is 2.72. The van der Waals surface area contributed by atoms with Crippen LogP contribution in [0.5, 0.6) is 0 Å². The highest BCUT2D eigenvalue weighted by Gasteiger charge is 2.14. The van der Waals surface area contributed by atoms with Gasteiger partial charge in [-0.05, 0) is 31.5 Å². The molecule has 0 saturated heterocycles. The monoisotopic (exact) mass is 293 g/mol. The van der Waals surface area contributed by atoms with Crippen LogP contribution in [0.25, 0.3) is 0 Å². The highest BCUT2D eigenvalue weighted by atomic mass is 16.4. The van der Waals surface area contributed by atoms with E-state index in [0.717, 1.165) is 0 Å². The molecule has 0 bridgehead atoms. The van der Waals surface area contributed by atoms with Crippen LogP contribution in [0.3, 0.4) is 0 Å². The molecule has 1 unspecified atom stereocenters. The summed E-state index contributed by atoms with van der Waals surface area (Å²) < 4.78 is 0. The van der Waals surface area contributed by atoms with Crippen LogP contribution in [0.15, 0.2) is 24.3 Å². The maximum atomic E-state index is 11.6. The van der Waals surface area contributed by atoms with Crippen LogP contribution in [-0.4, -0.2) is 35.6 Å². The van der Waals surface area contributed by atoms with Gasteiger partial charge >= 0.3 is 12.0 Å². The number of rotatable bonds is 6. The number of nitrogens with one attached hydrogen (secondary N) is 3. The molecule has 114 valence electrons. The molecule has 21 heavy (non-hydrogen) atoms. The molecule has 0 fully saturated rings. The Labute approximate surface area is 122 Å². The molecule has 0 aliphatic heterocycles. The summed E-state index contributed by atoms with van der Waals surface area (Å²) >= 11 is 0. The minimum absolute atomic E-state index is 0.158. The summed E-state index contributed by atoms with van der Waals surface area (Å²) in [5, 5.41) is 16.5. The number of benzene rings is 1.